The van der Waals surface area contributed by atoms with Gasteiger partial charge in [-0.15, -0.1) is 0 Å². The highest BCUT2D eigenvalue weighted by atomic mass is 16.5. The van der Waals surface area contributed by atoms with Crippen LogP contribution in [0, 0.1) is 5.92 Å². The van der Waals surface area contributed by atoms with E-state index in [9.17, 15) is 4.79 Å². The summed E-state index contributed by atoms with van der Waals surface area (Å²) in [7, 11) is 0. The summed E-state index contributed by atoms with van der Waals surface area (Å²) in [6, 6.07) is 7.59. The van der Waals surface area contributed by atoms with Gasteiger partial charge in [-0.2, -0.15) is 0 Å². The van der Waals surface area contributed by atoms with E-state index in [0.29, 0.717) is 37.1 Å². The summed E-state index contributed by atoms with van der Waals surface area (Å²) in [4.78, 5) is 18.9. The summed E-state index contributed by atoms with van der Waals surface area (Å²) in [5, 5.41) is 3.12. The Balaban J connectivity index is 1.88. The summed E-state index contributed by atoms with van der Waals surface area (Å²) >= 11 is 0. The van der Waals surface area contributed by atoms with Crippen LogP contribution in [-0.4, -0.2) is 48.6 Å². The molecule has 0 aromatic heterocycles. The first-order valence-corrected chi connectivity index (χ1v) is 9.42. The Morgan fingerprint density at radius 3 is 2.46 bits per heavy atom. The van der Waals surface area contributed by atoms with Crippen molar-refractivity contribution in [2.75, 3.05) is 19.6 Å². The molecule has 1 amide bonds. The number of aliphatic imine (C=N–C) groups is 1. The first kappa shape index (κ1) is 20.2. The first-order valence-electron chi connectivity index (χ1n) is 9.42. The number of nitrogens with one attached hydrogen (secondary N) is 1. The van der Waals surface area contributed by atoms with E-state index in [1.165, 1.54) is 0 Å². The molecule has 3 N–H and O–H groups in total. The number of nitrogens with zero attached hydrogens (tertiary/aromatic N) is 2. The third-order valence-electron chi connectivity index (χ3n) is 4.37. The van der Waals surface area contributed by atoms with Gasteiger partial charge in [0.2, 0.25) is 0 Å². The number of morpholine rings is 1. The maximum absolute atomic E-state index is 12.7. The van der Waals surface area contributed by atoms with Crippen LogP contribution in [0.4, 0.5) is 0 Å². The second-order valence-electron chi connectivity index (χ2n) is 7.48. The molecule has 1 aliphatic rings. The Bertz CT molecular complexity index is 603. The second-order valence-corrected chi connectivity index (χ2v) is 7.48. The Labute approximate surface area is 156 Å². The van der Waals surface area contributed by atoms with Crippen LogP contribution >= 0.6 is 0 Å². The average Bonchev–Trinajstić information content (AvgIpc) is 2.58. The number of guanidine groups is 1. The molecule has 2 rings (SSSR count). The molecule has 0 bridgehead atoms. The molecule has 0 spiro atoms. The summed E-state index contributed by atoms with van der Waals surface area (Å²) in [5.74, 6) is 1.15. The normalized spacial score (nSPS) is 21.1. The quantitative estimate of drug-likeness (QED) is 0.603. The van der Waals surface area contributed by atoms with Gasteiger partial charge < -0.3 is 20.7 Å². The van der Waals surface area contributed by atoms with Crippen LogP contribution in [0.3, 0.4) is 0 Å². The Morgan fingerprint density at radius 2 is 1.88 bits per heavy atom. The molecule has 2 atom stereocenters. The molecular weight excluding hydrogens is 328 g/mol. The van der Waals surface area contributed by atoms with Gasteiger partial charge in [0, 0.05) is 25.2 Å². The van der Waals surface area contributed by atoms with Crippen molar-refractivity contribution < 1.29 is 9.53 Å². The van der Waals surface area contributed by atoms with Gasteiger partial charge in [0.25, 0.3) is 5.91 Å². The number of amides is 1. The van der Waals surface area contributed by atoms with Crippen molar-refractivity contribution in [2.24, 2.45) is 16.6 Å². The van der Waals surface area contributed by atoms with E-state index in [2.05, 4.69) is 24.2 Å². The monoisotopic (exact) mass is 360 g/mol. The topological polar surface area (TPSA) is 79.9 Å². The molecule has 6 nitrogen and oxygen atoms in total. The van der Waals surface area contributed by atoms with Crippen LogP contribution in [-0.2, 0) is 11.3 Å². The van der Waals surface area contributed by atoms with Gasteiger partial charge in [0.1, 0.15) is 0 Å². The predicted molar refractivity (Wildman–Crippen MR) is 105 cm³/mol. The number of carbonyl (C=O) groups excluding carboxylic acids is 1. The molecule has 1 fully saturated rings. The number of hydrogen-bond donors (Lipinski definition) is 2. The van der Waals surface area contributed by atoms with Crippen LogP contribution < -0.4 is 11.1 Å². The lowest BCUT2D eigenvalue weighted by molar-refractivity contribution is -0.0586. The minimum Gasteiger partial charge on any atom is -0.372 e. The molecule has 144 valence electrons. The van der Waals surface area contributed by atoms with Gasteiger partial charge in [-0.3, -0.25) is 4.79 Å². The number of nitrogens with two attached hydrogens (primary N) is 1. The third kappa shape index (κ3) is 6.33. The van der Waals surface area contributed by atoms with E-state index in [4.69, 9.17) is 10.5 Å². The maximum Gasteiger partial charge on any atom is 0.254 e. The van der Waals surface area contributed by atoms with Crippen molar-refractivity contribution in [3.8, 4) is 0 Å². The summed E-state index contributed by atoms with van der Waals surface area (Å²) < 4.78 is 5.69. The number of ether oxygens (including phenoxy) is 1. The Morgan fingerprint density at radius 1 is 1.27 bits per heavy atom. The smallest absolute Gasteiger partial charge is 0.254 e. The zero-order chi connectivity index (χ0) is 19.1. The second kappa shape index (κ2) is 9.57. The van der Waals surface area contributed by atoms with Gasteiger partial charge >= 0.3 is 0 Å². The lowest BCUT2D eigenvalue weighted by atomic mass is 10.1. The van der Waals surface area contributed by atoms with Crippen molar-refractivity contribution >= 4 is 11.9 Å². The van der Waals surface area contributed by atoms with E-state index >= 15 is 0 Å². The third-order valence-corrected chi connectivity index (χ3v) is 4.37. The number of carbonyl (C=O) groups is 1. The highest BCUT2D eigenvalue weighted by molar-refractivity contribution is 5.94. The van der Waals surface area contributed by atoms with Crippen molar-refractivity contribution in [1.82, 2.24) is 10.2 Å². The molecule has 1 aromatic rings. The zero-order valence-corrected chi connectivity index (χ0v) is 16.4. The van der Waals surface area contributed by atoms with Crippen LogP contribution in [0.15, 0.2) is 29.3 Å². The van der Waals surface area contributed by atoms with Crippen molar-refractivity contribution in [1.29, 1.82) is 0 Å². The maximum atomic E-state index is 12.7. The van der Waals surface area contributed by atoms with Gasteiger partial charge in [-0.05, 0) is 43.9 Å². The highest BCUT2D eigenvalue weighted by Crippen LogP contribution is 2.15. The molecule has 0 aliphatic carbocycles. The highest BCUT2D eigenvalue weighted by Gasteiger charge is 2.26. The molecule has 1 aromatic carbocycles. The molecule has 1 aliphatic heterocycles. The van der Waals surface area contributed by atoms with Crippen LogP contribution in [0.25, 0.3) is 0 Å². The Hall–Kier alpha value is -2.08. The van der Waals surface area contributed by atoms with Crippen LogP contribution in [0.2, 0.25) is 0 Å². The van der Waals surface area contributed by atoms with Crippen molar-refractivity contribution in [2.45, 2.75) is 52.9 Å². The fourth-order valence-electron chi connectivity index (χ4n) is 3.00. The molecule has 0 radical (unpaired) electrons. The molecule has 6 heteroatoms. The van der Waals surface area contributed by atoms with Crippen LogP contribution in [0.5, 0.6) is 0 Å². The Kier molecular flexibility index (Phi) is 7.45. The summed E-state index contributed by atoms with van der Waals surface area (Å²) in [6.07, 6.45) is 1.20. The van der Waals surface area contributed by atoms with Crippen molar-refractivity contribution in [3.63, 3.8) is 0 Å². The summed E-state index contributed by atoms with van der Waals surface area (Å²) in [6.45, 7) is 10.9. The lowest BCUT2D eigenvalue weighted by Crippen LogP contribution is -2.48. The molecular formula is C20H32N4O2. The molecule has 2 unspecified atom stereocenters. The van der Waals surface area contributed by atoms with E-state index in [1.54, 1.807) is 0 Å². The fourth-order valence-corrected chi connectivity index (χ4v) is 3.00. The van der Waals surface area contributed by atoms with Gasteiger partial charge in [-0.1, -0.05) is 26.0 Å². The van der Waals surface area contributed by atoms with Gasteiger partial charge in [0.15, 0.2) is 5.96 Å². The minimum absolute atomic E-state index is 0.0527. The number of benzene rings is 1. The van der Waals surface area contributed by atoms with Crippen molar-refractivity contribution in [3.05, 3.63) is 35.4 Å². The van der Waals surface area contributed by atoms with Gasteiger partial charge in [0.05, 0.1) is 18.8 Å². The van der Waals surface area contributed by atoms with Crippen LogP contribution in [0.1, 0.15) is 50.0 Å². The summed E-state index contributed by atoms with van der Waals surface area (Å²) in [5.41, 5.74) is 7.60. The van der Waals surface area contributed by atoms with E-state index < -0.39 is 0 Å². The fraction of sp³-hybridized carbons (Fsp3) is 0.600. The largest absolute Gasteiger partial charge is 0.372 e. The first-order chi connectivity index (χ1) is 12.3. The number of rotatable bonds is 6. The standard InChI is InChI=1S/C20H32N4O2/c1-14(2)9-10-22-20(21)23-11-17-5-7-18(8-6-17)19(25)24-12-15(3)26-16(4)13-24/h5-8,14-16H,9-13H2,1-4H3,(H3,21,22,23). The van der Waals surface area contributed by atoms with E-state index in [0.717, 1.165) is 18.5 Å². The van der Waals surface area contributed by atoms with E-state index in [1.807, 2.05) is 43.0 Å². The zero-order valence-electron chi connectivity index (χ0n) is 16.4. The van der Waals surface area contributed by atoms with Gasteiger partial charge in [-0.25, -0.2) is 4.99 Å². The van der Waals surface area contributed by atoms with E-state index in [-0.39, 0.29) is 18.1 Å². The minimum atomic E-state index is 0.0527. The molecule has 0 saturated carbocycles. The molecule has 1 heterocycles. The predicted octanol–water partition coefficient (Wildman–Crippen LogP) is 2.39. The number of hydrogen-bond acceptors (Lipinski definition) is 3. The molecule has 26 heavy (non-hydrogen) atoms. The lowest BCUT2D eigenvalue weighted by Gasteiger charge is -2.35. The SMILES string of the molecule is CC(C)CCNC(N)=NCc1ccc(C(=O)N2CC(C)OC(C)C2)cc1. The molecule has 1 saturated heterocycles. The average molecular weight is 361 g/mol.